The van der Waals surface area contributed by atoms with Crippen LogP contribution >= 0.6 is 0 Å². The lowest BCUT2D eigenvalue weighted by Crippen LogP contribution is -2.16. The van der Waals surface area contributed by atoms with Crippen molar-refractivity contribution < 1.29 is 13.2 Å². The van der Waals surface area contributed by atoms with Crippen LogP contribution < -0.4 is 0 Å². The number of epoxide rings is 1. The molecule has 0 bridgehead atoms. The highest BCUT2D eigenvalue weighted by Crippen LogP contribution is 2.35. The number of ether oxygens (including phenoxy) is 1. The van der Waals surface area contributed by atoms with Crippen LogP contribution in [-0.4, -0.2) is 21.1 Å². The Balaban J connectivity index is 2.00. The predicted molar refractivity (Wildman–Crippen MR) is 77.2 cm³/mol. The van der Waals surface area contributed by atoms with E-state index in [0.717, 1.165) is 5.56 Å². The third-order valence-electron chi connectivity index (χ3n) is 3.50. The van der Waals surface area contributed by atoms with Gasteiger partial charge in [0.1, 0.15) is 0 Å². The Labute approximate surface area is 119 Å². The van der Waals surface area contributed by atoms with Crippen LogP contribution in [0.3, 0.4) is 0 Å². The molecule has 4 heteroatoms. The van der Waals surface area contributed by atoms with Crippen molar-refractivity contribution in [3.8, 4) is 0 Å². The first kappa shape index (κ1) is 13.3. The average Bonchev–Trinajstić information content (AvgIpc) is 3.30. The molecule has 20 heavy (non-hydrogen) atoms. The van der Waals surface area contributed by atoms with Crippen molar-refractivity contribution in [2.45, 2.75) is 22.7 Å². The summed E-state index contributed by atoms with van der Waals surface area (Å²) in [6.07, 6.45) is 0.583. The number of sulfone groups is 1. The molecule has 2 aromatic rings. The average molecular weight is 288 g/mol. The lowest BCUT2D eigenvalue weighted by molar-refractivity contribution is 0.392. The van der Waals surface area contributed by atoms with Crippen molar-refractivity contribution in [1.82, 2.24) is 0 Å². The second kappa shape index (κ2) is 5.38. The molecule has 2 atom stereocenters. The molecule has 3 nitrogen and oxygen atoms in total. The van der Waals surface area contributed by atoms with Crippen LogP contribution in [-0.2, 0) is 14.6 Å². The van der Waals surface area contributed by atoms with Gasteiger partial charge in [0.15, 0.2) is 9.84 Å². The standard InChI is InChI=1S/C16H16O3S/c17-20(18,15-9-5-2-6-10-15)16(11-14-12-19-14)13-7-3-1-4-8-13/h1-10,14,16H,11-12H2. The van der Waals surface area contributed by atoms with Crippen LogP contribution in [0.4, 0.5) is 0 Å². The molecular weight excluding hydrogens is 272 g/mol. The van der Waals surface area contributed by atoms with E-state index in [-0.39, 0.29) is 6.10 Å². The van der Waals surface area contributed by atoms with Crippen molar-refractivity contribution in [2.24, 2.45) is 0 Å². The molecule has 1 heterocycles. The molecule has 104 valence electrons. The molecule has 1 saturated heterocycles. The van der Waals surface area contributed by atoms with Gasteiger partial charge in [0, 0.05) is 0 Å². The van der Waals surface area contributed by atoms with Gasteiger partial charge in [-0.15, -0.1) is 0 Å². The lowest BCUT2D eigenvalue weighted by atomic mass is 10.1. The van der Waals surface area contributed by atoms with E-state index in [9.17, 15) is 8.42 Å². The fraction of sp³-hybridized carbons (Fsp3) is 0.250. The maximum Gasteiger partial charge on any atom is 0.185 e. The minimum absolute atomic E-state index is 0.0682. The molecule has 1 aliphatic heterocycles. The van der Waals surface area contributed by atoms with Crippen molar-refractivity contribution in [1.29, 1.82) is 0 Å². The van der Waals surface area contributed by atoms with Crippen molar-refractivity contribution in [3.05, 3.63) is 66.2 Å². The molecule has 0 spiro atoms. The van der Waals surface area contributed by atoms with Gasteiger partial charge in [0.05, 0.1) is 22.9 Å². The van der Waals surface area contributed by atoms with E-state index in [1.54, 1.807) is 24.3 Å². The molecule has 1 aliphatic rings. The molecule has 0 saturated carbocycles. The van der Waals surface area contributed by atoms with E-state index in [2.05, 4.69) is 0 Å². The normalized spacial score (nSPS) is 19.5. The van der Waals surface area contributed by atoms with Gasteiger partial charge in [0.25, 0.3) is 0 Å². The van der Waals surface area contributed by atoms with Gasteiger partial charge in [-0.25, -0.2) is 8.42 Å². The molecule has 0 radical (unpaired) electrons. The Morgan fingerprint density at radius 3 is 2.10 bits per heavy atom. The molecule has 2 unspecified atom stereocenters. The Bertz CT molecular complexity index is 661. The van der Waals surface area contributed by atoms with Gasteiger partial charge in [0.2, 0.25) is 0 Å². The van der Waals surface area contributed by atoms with E-state index >= 15 is 0 Å². The quantitative estimate of drug-likeness (QED) is 0.795. The van der Waals surface area contributed by atoms with Gasteiger partial charge < -0.3 is 4.74 Å². The SMILES string of the molecule is O=S(=O)(c1ccccc1)C(CC1CO1)c1ccccc1. The number of rotatable bonds is 5. The highest BCUT2D eigenvalue weighted by atomic mass is 32.2. The van der Waals surface area contributed by atoms with Gasteiger partial charge in [-0.05, 0) is 24.1 Å². The Hall–Kier alpha value is -1.65. The topological polar surface area (TPSA) is 46.7 Å². The minimum atomic E-state index is -3.39. The number of benzene rings is 2. The van der Waals surface area contributed by atoms with Crippen LogP contribution in [0.25, 0.3) is 0 Å². The van der Waals surface area contributed by atoms with Crippen LogP contribution in [0.2, 0.25) is 0 Å². The minimum Gasteiger partial charge on any atom is -0.373 e. The van der Waals surface area contributed by atoms with E-state index in [1.807, 2.05) is 36.4 Å². The highest BCUT2D eigenvalue weighted by molar-refractivity contribution is 7.91. The van der Waals surface area contributed by atoms with Gasteiger partial charge >= 0.3 is 0 Å². The van der Waals surface area contributed by atoms with E-state index in [1.165, 1.54) is 0 Å². The monoisotopic (exact) mass is 288 g/mol. The number of hydrogen-bond acceptors (Lipinski definition) is 3. The third kappa shape index (κ3) is 2.76. The first-order valence-electron chi connectivity index (χ1n) is 6.63. The zero-order valence-corrected chi connectivity index (χ0v) is 11.8. The van der Waals surface area contributed by atoms with Gasteiger partial charge in [-0.3, -0.25) is 0 Å². The van der Waals surface area contributed by atoms with Gasteiger partial charge in [-0.1, -0.05) is 48.5 Å². The smallest absolute Gasteiger partial charge is 0.185 e. The summed E-state index contributed by atoms with van der Waals surface area (Å²) in [6.45, 7) is 0.660. The predicted octanol–water partition coefficient (Wildman–Crippen LogP) is 2.99. The van der Waals surface area contributed by atoms with Crippen molar-refractivity contribution in [2.75, 3.05) is 6.61 Å². The largest absolute Gasteiger partial charge is 0.373 e. The molecule has 0 aromatic heterocycles. The maximum absolute atomic E-state index is 12.8. The van der Waals surface area contributed by atoms with Crippen LogP contribution in [0.15, 0.2) is 65.6 Å². The Morgan fingerprint density at radius 2 is 1.55 bits per heavy atom. The summed E-state index contributed by atoms with van der Waals surface area (Å²) in [7, 11) is -3.39. The summed E-state index contributed by atoms with van der Waals surface area (Å²) >= 11 is 0. The third-order valence-corrected chi connectivity index (χ3v) is 5.64. The molecule has 0 N–H and O–H groups in total. The molecular formula is C16H16O3S. The molecule has 3 rings (SSSR count). The van der Waals surface area contributed by atoms with Gasteiger partial charge in [-0.2, -0.15) is 0 Å². The Morgan fingerprint density at radius 1 is 1.00 bits per heavy atom. The summed E-state index contributed by atoms with van der Waals surface area (Å²) in [5.74, 6) is 0. The summed E-state index contributed by atoms with van der Waals surface area (Å²) in [5, 5.41) is -0.543. The fourth-order valence-electron chi connectivity index (χ4n) is 2.33. The number of hydrogen-bond donors (Lipinski definition) is 0. The highest BCUT2D eigenvalue weighted by Gasteiger charge is 2.35. The summed E-state index contributed by atoms with van der Waals surface area (Å²) < 4.78 is 30.9. The van der Waals surface area contributed by atoms with E-state index in [0.29, 0.717) is 17.9 Å². The molecule has 1 fully saturated rings. The maximum atomic E-state index is 12.8. The molecule has 2 aromatic carbocycles. The van der Waals surface area contributed by atoms with Crippen LogP contribution in [0.1, 0.15) is 17.2 Å². The fourth-order valence-corrected chi connectivity index (χ4v) is 4.18. The Kier molecular flexibility index (Phi) is 3.59. The zero-order valence-electron chi connectivity index (χ0n) is 11.0. The van der Waals surface area contributed by atoms with Crippen molar-refractivity contribution >= 4 is 9.84 Å². The molecule has 0 aliphatic carbocycles. The summed E-state index contributed by atoms with van der Waals surface area (Å²) in [4.78, 5) is 0.370. The second-order valence-electron chi connectivity index (χ2n) is 4.95. The first-order valence-corrected chi connectivity index (χ1v) is 8.18. The second-order valence-corrected chi connectivity index (χ2v) is 7.08. The summed E-state index contributed by atoms with van der Waals surface area (Å²) in [5.41, 5.74) is 0.826. The zero-order chi connectivity index (χ0) is 14.0. The summed E-state index contributed by atoms with van der Waals surface area (Å²) in [6, 6.07) is 18.0. The van der Waals surface area contributed by atoms with Crippen LogP contribution in [0, 0.1) is 0 Å². The first-order chi connectivity index (χ1) is 9.68. The van der Waals surface area contributed by atoms with E-state index < -0.39 is 15.1 Å². The molecule has 0 amide bonds. The van der Waals surface area contributed by atoms with Crippen LogP contribution in [0.5, 0.6) is 0 Å². The van der Waals surface area contributed by atoms with E-state index in [4.69, 9.17) is 4.74 Å². The van der Waals surface area contributed by atoms with Crippen molar-refractivity contribution in [3.63, 3.8) is 0 Å². The lowest BCUT2D eigenvalue weighted by Gasteiger charge is -2.17.